The number of aliphatic hydroxyl groups is 1. The van der Waals surface area contributed by atoms with E-state index in [4.69, 9.17) is 34.6 Å². The Labute approximate surface area is 279 Å². The number of carbonyl (C=O) groups excluding carboxylic acids is 1. The van der Waals surface area contributed by atoms with Gasteiger partial charge in [-0.05, 0) is 70.6 Å². The normalized spacial score (nSPS) is 16.6. The first kappa shape index (κ1) is 33.8. The molecule has 4 aromatic carbocycles. The van der Waals surface area contributed by atoms with Crippen molar-refractivity contribution in [2.75, 3.05) is 34.0 Å². The van der Waals surface area contributed by atoms with Gasteiger partial charge in [-0.25, -0.2) is 4.99 Å². The number of rotatable bonds is 16. The Morgan fingerprint density at radius 1 is 0.979 bits per heavy atom. The van der Waals surface area contributed by atoms with Gasteiger partial charge in [0.15, 0.2) is 23.1 Å². The largest absolute Gasteiger partial charge is 0.494 e. The van der Waals surface area contributed by atoms with Crippen LogP contribution >= 0.6 is 0 Å². The fraction of sp³-hybridized carbons (Fsp3) is 0.297. The molecule has 0 radical (unpaired) electrons. The zero-order valence-corrected chi connectivity index (χ0v) is 27.0. The molecular formula is C37H39N5O6. The van der Waals surface area contributed by atoms with E-state index in [2.05, 4.69) is 15.3 Å². The molecule has 1 aliphatic heterocycles. The van der Waals surface area contributed by atoms with E-state index < -0.39 is 11.6 Å². The second-order valence-corrected chi connectivity index (χ2v) is 11.2. The van der Waals surface area contributed by atoms with Crippen LogP contribution in [0.5, 0.6) is 17.2 Å². The Bertz CT molecular complexity index is 1760. The molecule has 1 aliphatic rings. The van der Waals surface area contributed by atoms with Gasteiger partial charge >= 0.3 is 0 Å². The molecule has 0 bridgehead atoms. The molecule has 11 heteroatoms. The molecule has 1 heterocycles. The molecule has 0 saturated carbocycles. The summed E-state index contributed by atoms with van der Waals surface area (Å²) < 4.78 is 23.2. The van der Waals surface area contributed by atoms with E-state index in [1.165, 1.54) is 0 Å². The van der Waals surface area contributed by atoms with Crippen LogP contribution in [-0.4, -0.2) is 56.4 Å². The van der Waals surface area contributed by atoms with Crippen LogP contribution in [0, 0.1) is 0 Å². The van der Waals surface area contributed by atoms with Crippen molar-refractivity contribution in [2.45, 2.75) is 37.5 Å². The van der Waals surface area contributed by atoms with Gasteiger partial charge in [-0.1, -0.05) is 65.8 Å². The lowest BCUT2D eigenvalue weighted by Gasteiger charge is -2.31. The lowest BCUT2D eigenvalue weighted by Crippen LogP contribution is -2.50. The summed E-state index contributed by atoms with van der Waals surface area (Å²) in [5.41, 5.74) is 11.7. The van der Waals surface area contributed by atoms with Crippen LogP contribution in [0.4, 0.5) is 0 Å². The van der Waals surface area contributed by atoms with Crippen molar-refractivity contribution < 1.29 is 28.8 Å². The minimum absolute atomic E-state index is 0.0496. The number of amides is 1. The molecule has 0 aliphatic carbocycles. The summed E-state index contributed by atoms with van der Waals surface area (Å²) in [6, 6.07) is 30.2. The van der Waals surface area contributed by atoms with Crippen LogP contribution in [0.1, 0.15) is 40.3 Å². The molecule has 0 saturated heterocycles. The maximum absolute atomic E-state index is 14.6. The van der Waals surface area contributed by atoms with E-state index in [-0.39, 0.29) is 25.5 Å². The first-order valence-electron chi connectivity index (χ1n) is 15.7. The Hall–Kier alpha value is -5.51. The Kier molecular flexibility index (Phi) is 11.5. The van der Waals surface area contributed by atoms with Gasteiger partial charge in [-0.3, -0.25) is 4.79 Å². The highest BCUT2D eigenvalue weighted by Crippen LogP contribution is 2.43. The molecule has 11 nitrogen and oxygen atoms in total. The SMILES string of the molecule is COc1ccc(CCNC(=O)[C@]2(Cc3ccccc3CN=[N+]=[N-])N=C(c3ccc(OCCCO)cc3)O[C@@H]2c2ccccc2)cc1OC. The molecule has 1 amide bonds. The predicted molar refractivity (Wildman–Crippen MR) is 182 cm³/mol. The van der Waals surface area contributed by atoms with Gasteiger partial charge in [0.05, 0.1) is 27.4 Å². The molecule has 48 heavy (non-hydrogen) atoms. The van der Waals surface area contributed by atoms with Crippen LogP contribution in [0.2, 0.25) is 0 Å². The van der Waals surface area contributed by atoms with Crippen molar-refractivity contribution in [3.05, 3.63) is 135 Å². The fourth-order valence-corrected chi connectivity index (χ4v) is 5.70. The summed E-state index contributed by atoms with van der Waals surface area (Å²) in [7, 11) is 3.18. The van der Waals surface area contributed by atoms with Crippen molar-refractivity contribution in [3.8, 4) is 17.2 Å². The minimum Gasteiger partial charge on any atom is -0.494 e. The first-order valence-corrected chi connectivity index (χ1v) is 15.7. The smallest absolute Gasteiger partial charge is 0.252 e. The molecule has 248 valence electrons. The average Bonchev–Trinajstić information content (AvgIpc) is 3.52. The van der Waals surface area contributed by atoms with Gasteiger partial charge in [-0.15, -0.1) is 0 Å². The molecule has 0 unspecified atom stereocenters. The van der Waals surface area contributed by atoms with Crippen LogP contribution in [0.3, 0.4) is 0 Å². The molecule has 2 N–H and O–H groups in total. The van der Waals surface area contributed by atoms with Crippen LogP contribution in [0.25, 0.3) is 10.4 Å². The number of methoxy groups -OCH3 is 2. The van der Waals surface area contributed by atoms with Gasteiger partial charge in [-0.2, -0.15) is 0 Å². The van der Waals surface area contributed by atoms with Gasteiger partial charge in [0.2, 0.25) is 5.90 Å². The van der Waals surface area contributed by atoms with Gasteiger partial charge in [0, 0.05) is 36.5 Å². The second kappa shape index (κ2) is 16.4. The third-order valence-electron chi connectivity index (χ3n) is 8.16. The number of aliphatic imine (C=N–C) groups is 1. The molecule has 0 spiro atoms. The van der Waals surface area contributed by atoms with E-state index in [1.807, 2.05) is 97.1 Å². The molecule has 0 aromatic heterocycles. The van der Waals surface area contributed by atoms with E-state index >= 15 is 0 Å². The van der Waals surface area contributed by atoms with Crippen LogP contribution in [-0.2, 0) is 28.9 Å². The van der Waals surface area contributed by atoms with Crippen LogP contribution in [0.15, 0.2) is 107 Å². The fourth-order valence-electron chi connectivity index (χ4n) is 5.70. The van der Waals surface area contributed by atoms with E-state index in [9.17, 15) is 4.79 Å². The predicted octanol–water partition coefficient (Wildman–Crippen LogP) is 6.13. The number of hydrogen-bond donors (Lipinski definition) is 2. The number of ether oxygens (including phenoxy) is 4. The number of nitrogens with one attached hydrogen (secondary N) is 1. The molecular weight excluding hydrogens is 610 g/mol. The summed E-state index contributed by atoms with van der Waals surface area (Å²) in [4.78, 5) is 22.7. The quantitative estimate of drug-likeness (QED) is 0.0646. The van der Waals surface area contributed by atoms with Crippen LogP contribution < -0.4 is 19.5 Å². The van der Waals surface area contributed by atoms with Gasteiger partial charge in [0.25, 0.3) is 5.91 Å². The number of benzene rings is 4. The molecule has 2 atom stereocenters. The number of hydrogen-bond acceptors (Lipinski definition) is 8. The maximum Gasteiger partial charge on any atom is 0.252 e. The van der Waals surface area contributed by atoms with Crippen molar-refractivity contribution in [3.63, 3.8) is 0 Å². The average molecular weight is 650 g/mol. The monoisotopic (exact) mass is 649 g/mol. The highest BCUT2D eigenvalue weighted by Gasteiger charge is 2.53. The number of aliphatic hydroxyl groups excluding tert-OH is 1. The van der Waals surface area contributed by atoms with Gasteiger partial charge in [0.1, 0.15) is 5.75 Å². The Morgan fingerprint density at radius 2 is 1.71 bits per heavy atom. The number of carbonyl (C=O) groups is 1. The summed E-state index contributed by atoms with van der Waals surface area (Å²) in [6.07, 6.45) is 0.502. The van der Waals surface area contributed by atoms with Crippen molar-refractivity contribution in [1.82, 2.24) is 5.32 Å². The van der Waals surface area contributed by atoms with Crippen molar-refractivity contribution in [1.29, 1.82) is 0 Å². The highest BCUT2D eigenvalue weighted by atomic mass is 16.5. The van der Waals surface area contributed by atoms with E-state index in [0.29, 0.717) is 54.7 Å². The third kappa shape index (κ3) is 7.88. The van der Waals surface area contributed by atoms with Crippen molar-refractivity contribution in [2.24, 2.45) is 10.1 Å². The zero-order valence-electron chi connectivity index (χ0n) is 27.0. The maximum atomic E-state index is 14.6. The minimum atomic E-state index is -1.41. The summed E-state index contributed by atoms with van der Waals surface area (Å²) >= 11 is 0. The Balaban J connectivity index is 1.52. The Morgan fingerprint density at radius 3 is 2.42 bits per heavy atom. The zero-order chi connectivity index (χ0) is 33.8. The lowest BCUT2D eigenvalue weighted by molar-refractivity contribution is -0.128. The summed E-state index contributed by atoms with van der Waals surface area (Å²) in [5, 5.41) is 16.0. The summed E-state index contributed by atoms with van der Waals surface area (Å²) in [5.74, 6) is 1.92. The van der Waals surface area contributed by atoms with Crippen molar-refractivity contribution >= 4 is 11.8 Å². The van der Waals surface area contributed by atoms with E-state index in [0.717, 1.165) is 22.3 Å². The highest BCUT2D eigenvalue weighted by molar-refractivity contribution is 6.01. The standard InChI is InChI=1S/C37H39N5O6/c1-45-32-18-13-26(23-33(32)46-2)19-20-39-36(44)37(24-29-11-6-7-12-30(29)25-40-42-38)34(27-9-4-3-5-10-27)48-35(41-37)28-14-16-31(17-15-28)47-22-8-21-43/h3-7,9-18,23,34,43H,8,19-22,24-25H2,1-2H3,(H,39,44)/t34-,37-/m1/s1. The topological polar surface area (TPSA) is 147 Å². The third-order valence-corrected chi connectivity index (χ3v) is 8.16. The van der Waals surface area contributed by atoms with Gasteiger partial charge < -0.3 is 29.4 Å². The first-order chi connectivity index (χ1) is 23.5. The molecule has 4 aromatic rings. The summed E-state index contributed by atoms with van der Waals surface area (Å²) in [6.45, 7) is 0.913. The van der Waals surface area contributed by atoms with E-state index in [1.54, 1.807) is 14.2 Å². The lowest BCUT2D eigenvalue weighted by atomic mass is 9.81. The number of azide groups is 1. The second-order valence-electron chi connectivity index (χ2n) is 11.2. The molecule has 5 rings (SSSR count). The molecule has 0 fully saturated rings. The number of nitrogens with zero attached hydrogens (tertiary/aromatic N) is 4.